The molecule has 0 saturated carbocycles. The summed E-state index contributed by atoms with van der Waals surface area (Å²) in [6.07, 6.45) is 2.73. The van der Waals surface area contributed by atoms with E-state index in [0.29, 0.717) is 12.6 Å². The van der Waals surface area contributed by atoms with Crippen molar-refractivity contribution in [1.82, 2.24) is 15.1 Å². The Balaban J connectivity index is 2.35. The van der Waals surface area contributed by atoms with Crippen molar-refractivity contribution < 1.29 is 0 Å². The maximum atomic E-state index is 12.0. The molecule has 0 aliphatic carbocycles. The third kappa shape index (κ3) is 2.37. The largest absolute Gasteiger partial charge is 0.363 e. The summed E-state index contributed by atoms with van der Waals surface area (Å²) in [5, 5.41) is 7.68. The Hall–Kier alpha value is -1.07. The van der Waals surface area contributed by atoms with Gasteiger partial charge >= 0.3 is 0 Å². The Labute approximate surface area is 112 Å². The highest BCUT2D eigenvalue weighted by atomic mass is 35.5. The van der Waals surface area contributed by atoms with Gasteiger partial charge in [-0.1, -0.05) is 18.5 Å². The lowest BCUT2D eigenvalue weighted by Crippen LogP contribution is -2.58. The average molecular weight is 271 g/mol. The highest BCUT2D eigenvalue weighted by Crippen LogP contribution is 2.24. The molecule has 0 amide bonds. The topological polar surface area (TPSA) is 50.2 Å². The van der Waals surface area contributed by atoms with Gasteiger partial charge < -0.3 is 10.2 Å². The Morgan fingerprint density at radius 2 is 2.28 bits per heavy atom. The molecule has 1 aromatic rings. The van der Waals surface area contributed by atoms with Crippen molar-refractivity contribution in [3.05, 3.63) is 21.6 Å². The number of hydrogen-bond donors (Lipinski definition) is 1. The molecule has 2 heterocycles. The zero-order valence-electron chi connectivity index (χ0n) is 10.8. The molecular formula is C12H19ClN4O. The first-order valence-electron chi connectivity index (χ1n) is 6.42. The van der Waals surface area contributed by atoms with Crippen LogP contribution >= 0.6 is 11.6 Å². The SMILES string of the molecule is CCCN(c1cnn(CC)c(=O)c1Cl)C1CNC1. The molecule has 1 aliphatic heterocycles. The highest BCUT2D eigenvalue weighted by molar-refractivity contribution is 6.33. The second-order valence-electron chi connectivity index (χ2n) is 4.47. The summed E-state index contributed by atoms with van der Waals surface area (Å²) >= 11 is 6.20. The fourth-order valence-corrected chi connectivity index (χ4v) is 2.37. The van der Waals surface area contributed by atoms with Crippen molar-refractivity contribution in [2.24, 2.45) is 0 Å². The third-order valence-corrected chi connectivity index (χ3v) is 3.60. The molecule has 6 heteroatoms. The van der Waals surface area contributed by atoms with E-state index < -0.39 is 0 Å². The summed E-state index contributed by atoms with van der Waals surface area (Å²) < 4.78 is 1.38. The van der Waals surface area contributed by atoms with Gasteiger partial charge in [0.2, 0.25) is 0 Å². The molecule has 18 heavy (non-hydrogen) atoms. The molecule has 0 spiro atoms. The van der Waals surface area contributed by atoms with Crippen LogP contribution in [0.4, 0.5) is 5.69 Å². The number of aromatic nitrogens is 2. The van der Waals surface area contributed by atoms with Crippen LogP contribution in [0.25, 0.3) is 0 Å². The molecule has 1 saturated heterocycles. The number of hydrogen-bond acceptors (Lipinski definition) is 4. The van der Waals surface area contributed by atoms with E-state index in [1.807, 2.05) is 6.92 Å². The monoisotopic (exact) mass is 270 g/mol. The second kappa shape index (κ2) is 5.71. The lowest BCUT2D eigenvalue weighted by Gasteiger charge is -2.39. The van der Waals surface area contributed by atoms with E-state index >= 15 is 0 Å². The smallest absolute Gasteiger partial charge is 0.287 e. The van der Waals surface area contributed by atoms with E-state index in [1.54, 1.807) is 6.20 Å². The van der Waals surface area contributed by atoms with Crippen LogP contribution in [0.1, 0.15) is 20.3 Å². The lowest BCUT2D eigenvalue weighted by molar-refractivity contribution is 0.411. The van der Waals surface area contributed by atoms with Gasteiger partial charge in [0.05, 0.1) is 17.9 Å². The molecule has 0 unspecified atom stereocenters. The van der Waals surface area contributed by atoms with Crippen LogP contribution in [0.15, 0.2) is 11.0 Å². The maximum Gasteiger partial charge on any atom is 0.287 e. The number of rotatable bonds is 5. The molecule has 5 nitrogen and oxygen atoms in total. The molecule has 2 rings (SSSR count). The van der Waals surface area contributed by atoms with Crippen molar-refractivity contribution in [2.45, 2.75) is 32.9 Å². The van der Waals surface area contributed by atoms with Gasteiger partial charge in [-0.25, -0.2) is 4.68 Å². The molecule has 0 bridgehead atoms. The van der Waals surface area contributed by atoms with Crippen LogP contribution in [0.5, 0.6) is 0 Å². The van der Waals surface area contributed by atoms with Crippen molar-refractivity contribution in [3.8, 4) is 0 Å². The molecular weight excluding hydrogens is 252 g/mol. The molecule has 1 N–H and O–H groups in total. The van der Waals surface area contributed by atoms with Crippen molar-refractivity contribution in [2.75, 3.05) is 24.5 Å². The maximum absolute atomic E-state index is 12.0. The summed E-state index contributed by atoms with van der Waals surface area (Å²) in [6, 6.07) is 0.418. The fraction of sp³-hybridized carbons (Fsp3) is 0.667. The predicted molar refractivity (Wildman–Crippen MR) is 73.5 cm³/mol. The lowest BCUT2D eigenvalue weighted by atomic mass is 10.1. The van der Waals surface area contributed by atoms with E-state index in [0.717, 1.165) is 31.7 Å². The Kier molecular flexibility index (Phi) is 4.24. The summed E-state index contributed by atoms with van der Waals surface area (Å²) in [5.74, 6) is 0. The van der Waals surface area contributed by atoms with Crippen molar-refractivity contribution >= 4 is 17.3 Å². The third-order valence-electron chi connectivity index (χ3n) is 3.24. The molecule has 0 aromatic carbocycles. The Morgan fingerprint density at radius 1 is 1.56 bits per heavy atom. The van der Waals surface area contributed by atoms with E-state index in [9.17, 15) is 4.79 Å². The molecule has 1 aromatic heterocycles. The van der Waals surface area contributed by atoms with Crippen LogP contribution < -0.4 is 15.8 Å². The van der Waals surface area contributed by atoms with Crippen LogP contribution in [0.2, 0.25) is 5.02 Å². The second-order valence-corrected chi connectivity index (χ2v) is 4.85. The predicted octanol–water partition coefficient (Wildman–Crippen LogP) is 1.10. The quantitative estimate of drug-likeness (QED) is 0.871. The number of aryl methyl sites for hydroxylation is 1. The van der Waals surface area contributed by atoms with Crippen LogP contribution in [-0.4, -0.2) is 35.5 Å². The summed E-state index contributed by atoms with van der Waals surface area (Å²) in [6.45, 7) is 7.30. The molecule has 1 aliphatic rings. The van der Waals surface area contributed by atoms with E-state index in [1.165, 1.54) is 4.68 Å². The number of nitrogens with one attached hydrogen (secondary N) is 1. The van der Waals surface area contributed by atoms with Gasteiger partial charge in [-0.3, -0.25) is 4.79 Å². The first-order chi connectivity index (χ1) is 8.69. The summed E-state index contributed by atoms with van der Waals surface area (Å²) in [5.41, 5.74) is 0.560. The normalized spacial score (nSPS) is 15.5. The van der Waals surface area contributed by atoms with Crippen LogP contribution in [0, 0.1) is 0 Å². The Bertz CT molecular complexity index is 470. The van der Waals surface area contributed by atoms with Gasteiger partial charge in [0.1, 0.15) is 5.02 Å². The molecule has 0 radical (unpaired) electrons. The van der Waals surface area contributed by atoms with Gasteiger partial charge in [-0.05, 0) is 13.3 Å². The number of halogens is 1. The number of nitrogens with zero attached hydrogens (tertiary/aromatic N) is 3. The summed E-state index contributed by atoms with van der Waals surface area (Å²) in [7, 11) is 0. The van der Waals surface area contributed by atoms with E-state index in [4.69, 9.17) is 11.6 Å². The van der Waals surface area contributed by atoms with Gasteiger partial charge in [0, 0.05) is 26.2 Å². The zero-order chi connectivity index (χ0) is 13.1. The minimum atomic E-state index is -0.204. The van der Waals surface area contributed by atoms with E-state index in [2.05, 4.69) is 22.2 Å². The standard InChI is InChI=1S/C12H19ClN4O/c1-3-5-16(9-6-14-7-9)10-8-15-17(4-2)12(18)11(10)13/h8-9,14H,3-7H2,1-2H3. The van der Waals surface area contributed by atoms with Gasteiger partial charge in [-0.15, -0.1) is 0 Å². The first kappa shape index (κ1) is 13.4. The molecule has 1 fully saturated rings. The number of anilines is 1. The van der Waals surface area contributed by atoms with Gasteiger partial charge in [0.15, 0.2) is 0 Å². The summed E-state index contributed by atoms with van der Waals surface area (Å²) in [4.78, 5) is 14.2. The van der Waals surface area contributed by atoms with Crippen molar-refractivity contribution in [1.29, 1.82) is 0 Å². The van der Waals surface area contributed by atoms with E-state index in [-0.39, 0.29) is 10.6 Å². The molecule has 100 valence electrons. The highest BCUT2D eigenvalue weighted by Gasteiger charge is 2.26. The minimum Gasteiger partial charge on any atom is -0.363 e. The fourth-order valence-electron chi connectivity index (χ4n) is 2.12. The molecule has 0 atom stereocenters. The zero-order valence-corrected chi connectivity index (χ0v) is 11.6. The first-order valence-corrected chi connectivity index (χ1v) is 6.79. The Morgan fingerprint density at radius 3 is 2.78 bits per heavy atom. The van der Waals surface area contributed by atoms with Crippen LogP contribution in [0.3, 0.4) is 0 Å². The van der Waals surface area contributed by atoms with Gasteiger partial charge in [0.25, 0.3) is 5.56 Å². The average Bonchev–Trinajstić information content (AvgIpc) is 2.30. The van der Waals surface area contributed by atoms with Crippen molar-refractivity contribution in [3.63, 3.8) is 0 Å². The van der Waals surface area contributed by atoms with Crippen LogP contribution in [-0.2, 0) is 6.54 Å². The van der Waals surface area contributed by atoms with Gasteiger partial charge in [-0.2, -0.15) is 5.10 Å². The minimum absolute atomic E-state index is 0.204.